The second kappa shape index (κ2) is 6.18. The maximum absolute atomic E-state index is 11.1. The van der Waals surface area contributed by atoms with E-state index in [1.807, 2.05) is 25.2 Å². The smallest absolute Gasteiger partial charge is 0.147 e. The molecule has 0 aliphatic heterocycles. The predicted octanol–water partition coefficient (Wildman–Crippen LogP) is 2.80. The number of halogens is 2. The first kappa shape index (κ1) is 15.0. The lowest BCUT2D eigenvalue weighted by Crippen LogP contribution is -2.19. The Kier molecular flexibility index (Phi) is 5.44. The number of rotatable bonds is 5. The molecule has 1 N–H and O–H groups in total. The topological polar surface area (TPSA) is 46.2 Å². The molecule has 0 fully saturated rings. The van der Waals surface area contributed by atoms with Crippen molar-refractivity contribution < 1.29 is 8.42 Å². The first-order chi connectivity index (χ1) is 7.83. The summed E-state index contributed by atoms with van der Waals surface area (Å²) >= 11 is 9.33. The van der Waals surface area contributed by atoms with Crippen LogP contribution in [0.3, 0.4) is 0 Å². The Balaban J connectivity index is 2.83. The van der Waals surface area contributed by atoms with Gasteiger partial charge in [0.2, 0.25) is 0 Å². The van der Waals surface area contributed by atoms with Gasteiger partial charge in [0.25, 0.3) is 0 Å². The van der Waals surface area contributed by atoms with Crippen LogP contribution in [-0.4, -0.2) is 27.5 Å². The van der Waals surface area contributed by atoms with Crippen molar-refractivity contribution in [2.75, 3.05) is 19.1 Å². The number of hydrogen-bond donors (Lipinski definition) is 1. The number of benzene rings is 1. The Labute approximate surface area is 116 Å². The highest BCUT2D eigenvalue weighted by molar-refractivity contribution is 9.10. The maximum Gasteiger partial charge on any atom is 0.147 e. The van der Waals surface area contributed by atoms with E-state index >= 15 is 0 Å². The van der Waals surface area contributed by atoms with Gasteiger partial charge in [-0.05, 0) is 47.1 Å². The fourth-order valence-corrected chi connectivity index (χ4v) is 2.64. The van der Waals surface area contributed by atoms with E-state index in [0.717, 1.165) is 10.0 Å². The minimum absolute atomic E-state index is 0.00433. The van der Waals surface area contributed by atoms with E-state index < -0.39 is 9.84 Å². The molecular formula is C11H15BrClNO2S. The molecule has 0 saturated heterocycles. The van der Waals surface area contributed by atoms with Crippen molar-refractivity contribution in [1.82, 2.24) is 5.32 Å². The summed E-state index contributed by atoms with van der Waals surface area (Å²) < 4.78 is 23.1. The largest absolute Gasteiger partial charge is 0.313 e. The molecule has 1 aromatic carbocycles. The molecule has 1 atom stereocenters. The van der Waals surface area contributed by atoms with Crippen molar-refractivity contribution in [2.45, 2.75) is 12.5 Å². The van der Waals surface area contributed by atoms with Crippen LogP contribution >= 0.6 is 27.5 Å². The highest BCUT2D eigenvalue weighted by Gasteiger charge is 2.13. The van der Waals surface area contributed by atoms with Crippen LogP contribution in [0.15, 0.2) is 22.7 Å². The molecule has 6 heteroatoms. The Morgan fingerprint density at radius 2 is 2.12 bits per heavy atom. The van der Waals surface area contributed by atoms with E-state index in [9.17, 15) is 8.42 Å². The molecule has 1 aromatic rings. The van der Waals surface area contributed by atoms with Crippen LogP contribution in [0.25, 0.3) is 0 Å². The Hall–Kier alpha value is -0.100. The first-order valence-electron chi connectivity index (χ1n) is 5.13. The Morgan fingerprint density at radius 3 is 2.59 bits per heavy atom. The molecule has 0 aliphatic rings. The van der Waals surface area contributed by atoms with Gasteiger partial charge >= 0.3 is 0 Å². The average Bonchev–Trinajstić information content (AvgIpc) is 2.22. The van der Waals surface area contributed by atoms with Gasteiger partial charge in [-0.2, -0.15) is 0 Å². The van der Waals surface area contributed by atoms with Gasteiger partial charge in [-0.25, -0.2) is 8.42 Å². The van der Waals surface area contributed by atoms with Gasteiger partial charge in [-0.15, -0.1) is 0 Å². The lowest BCUT2D eigenvalue weighted by molar-refractivity contribution is 0.559. The second-order valence-corrected chi connectivity index (χ2v) is 7.45. The standard InChI is InChI=1S/C11H15BrClNO2S/c1-14-11(5-6-17(2,15)16)8-3-4-9(12)10(13)7-8/h3-4,7,11,14H,5-6H2,1-2H3. The summed E-state index contributed by atoms with van der Waals surface area (Å²) in [6.45, 7) is 0. The van der Waals surface area contributed by atoms with Gasteiger partial charge in [0, 0.05) is 16.8 Å². The summed E-state index contributed by atoms with van der Waals surface area (Å²) in [7, 11) is -1.13. The van der Waals surface area contributed by atoms with Crippen molar-refractivity contribution >= 4 is 37.4 Å². The highest BCUT2D eigenvalue weighted by Crippen LogP contribution is 2.27. The molecule has 1 unspecified atom stereocenters. The zero-order valence-corrected chi connectivity index (χ0v) is 12.9. The van der Waals surface area contributed by atoms with Crippen LogP contribution in [0.4, 0.5) is 0 Å². The van der Waals surface area contributed by atoms with Gasteiger partial charge in [0.1, 0.15) is 9.84 Å². The minimum Gasteiger partial charge on any atom is -0.313 e. The van der Waals surface area contributed by atoms with E-state index in [2.05, 4.69) is 21.2 Å². The molecule has 0 aromatic heterocycles. The lowest BCUT2D eigenvalue weighted by atomic mass is 10.1. The van der Waals surface area contributed by atoms with Crippen LogP contribution in [0.2, 0.25) is 5.02 Å². The zero-order valence-electron chi connectivity index (χ0n) is 9.70. The van der Waals surface area contributed by atoms with Crippen molar-refractivity contribution in [3.8, 4) is 0 Å². The molecule has 0 spiro atoms. The third kappa shape index (κ3) is 4.95. The number of hydrogen-bond acceptors (Lipinski definition) is 3. The molecule has 0 aliphatic carbocycles. The van der Waals surface area contributed by atoms with E-state index in [4.69, 9.17) is 11.6 Å². The summed E-state index contributed by atoms with van der Waals surface area (Å²) in [4.78, 5) is 0. The fraction of sp³-hybridized carbons (Fsp3) is 0.455. The molecule has 0 saturated carbocycles. The second-order valence-electron chi connectivity index (χ2n) is 3.93. The highest BCUT2D eigenvalue weighted by atomic mass is 79.9. The average molecular weight is 341 g/mol. The molecule has 0 bridgehead atoms. The quantitative estimate of drug-likeness (QED) is 0.896. The molecule has 3 nitrogen and oxygen atoms in total. The van der Waals surface area contributed by atoms with Crippen LogP contribution < -0.4 is 5.32 Å². The summed E-state index contributed by atoms with van der Waals surface area (Å²) in [5.41, 5.74) is 0.990. The molecular weight excluding hydrogens is 326 g/mol. The van der Waals surface area contributed by atoms with Crippen molar-refractivity contribution in [1.29, 1.82) is 0 Å². The lowest BCUT2D eigenvalue weighted by Gasteiger charge is -2.16. The van der Waals surface area contributed by atoms with Gasteiger partial charge in [-0.1, -0.05) is 17.7 Å². The van der Waals surface area contributed by atoms with Crippen molar-refractivity contribution in [3.63, 3.8) is 0 Å². The number of nitrogens with one attached hydrogen (secondary N) is 1. The third-order valence-electron chi connectivity index (χ3n) is 2.47. The molecule has 17 heavy (non-hydrogen) atoms. The minimum atomic E-state index is -2.94. The summed E-state index contributed by atoms with van der Waals surface area (Å²) in [6.07, 6.45) is 1.78. The summed E-state index contributed by atoms with van der Waals surface area (Å²) in [6, 6.07) is 5.63. The SMILES string of the molecule is CNC(CCS(C)(=O)=O)c1ccc(Br)c(Cl)c1. The third-order valence-corrected chi connectivity index (χ3v) is 4.68. The van der Waals surface area contributed by atoms with E-state index in [1.54, 1.807) is 0 Å². The molecule has 1 rings (SSSR count). The molecule has 0 radical (unpaired) electrons. The monoisotopic (exact) mass is 339 g/mol. The van der Waals surface area contributed by atoms with Crippen LogP contribution in [0.1, 0.15) is 18.0 Å². The molecule has 0 amide bonds. The van der Waals surface area contributed by atoms with E-state index in [0.29, 0.717) is 11.4 Å². The summed E-state index contributed by atoms with van der Waals surface area (Å²) in [5.74, 6) is 0.159. The van der Waals surface area contributed by atoms with Crippen molar-refractivity contribution in [3.05, 3.63) is 33.3 Å². The first-order valence-corrected chi connectivity index (χ1v) is 8.36. The van der Waals surface area contributed by atoms with Gasteiger partial charge in [-0.3, -0.25) is 0 Å². The van der Waals surface area contributed by atoms with Gasteiger partial charge < -0.3 is 5.32 Å². The fourth-order valence-electron chi connectivity index (χ4n) is 1.54. The van der Waals surface area contributed by atoms with Crippen LogP contribution in [-0.2, 0) is 9.84 Å². The molecule has 0 heterocycles. The van der Waals surface area contributed by atoms with E-state index in [-0.39, 0.29) is 11.8 Å². The van der Waals surface area contributed by atoms with Crippen LogP contribution in [0, 0.1) is 0 Å². The van der Waals surface area contributed by atoms with E-state index in [1.165, 1.54) is 6.26 Å². The van der Waals surface area contributed by atoms with Gasteiger partial charge in [0.05, 0.1) is 10.8 Å². The summed E-state index contributed by atoms with van der Waals surface area (Å²) in [5, 5.41) is 3.73. The Morgan fingerprint density at radius 1 is 1.47 bits per heavy atom. The molecule has 96 valence electrons. The predicted molar refractivity (Wildman–Crippen MR) is 75.3 cm³/mol. The zero-order chi connectivity index (χ0) is 13.1. The van der Waals surface area contributed by atoms with Crippen LogP contribution in [0.5, 0.6) is 0 Å². The number of sulfone groups is 1. The Bertz CT molecular complexity index is 490. The maximum atomic E-state index is 11.1. The normalized spacial score (nSPS) is 13.6. The van der Waals surface area contributed by atoms with Gasteiger partial charge in [0.15, 0.2) is 0 Å². The van der Waals surface area contributed by atoms with Crippen molar-refractivity contribution in [2.24, 2.45) is 0 Å².